The van der Waals surface area contributed by atoms with Gasteiger partial charge in [-0.15, -0.1) is 0 Å². The first-order valence-electron chi connectivity index (χ1n) is 5.11. The predicted molar refractivity (Wildman–Crippen MR) is 59.0 cm³/mol. The van der Waals surface area contributed by atoms with Crippen LogP contribution >= 0.6 is 0 Å². The van der Waals surface area contributed by atoms with E-state index < -0.39 is 18.8 Å². The van der Waals surface area contributed by atoms with Crippen LogP contribution in [0.3, 0.4) is 0 Å². The van der Waals surface area contributed by atoms with Gasteiger partial charge in [-0.2, -0.15) is 0 Å². The summed E-state index contributed by atoms with van der Waals surface area (Å²) in [7, 11) is 1.34. The zero-order valence-corrected chi connectivity index (χ0v) is 9.40. The van der Waals surface area contributed by atoms with Crippen molar-refractivity contribution >= 4 is 11.7 Å². The Morgan fingerprint density at radius 2 is 1.82 bits per heavy atom. The van der Waals surface area contributed by atoms with Gasteiger partial charge in [0.05, 0.1) is 13.0 Å². The molecule has 0 N–H and O–H groups in total. The van der Waals surface area contributed by atoms with Crippen LogP contribution < -0.4 is 0 Å². The molecule has 0 unspecified atom stereocenters. The highest BCUT2D eigenvalue weighted by atomic mass is 19.3. The minimum absolute atomic E-state index is 0.185. The number of Topliss-reactive ketones (excluding diaryl/α,β-unsaturated/α-hetero) is 1. The van der Waals surface area contributed by atoms with Gasteiger partial charge in [-0.25, -0.2) is 8.78 Å². The van der Waals surface area contributed by atoms with Crippen molar-refractivity contribution in [3.63, 3.8) is 0 Å². The Hall–Kier alpha value is -1.78. The third kappa shape index (κ3) is 4.30. The summed E-state index contributed by atoms with van der Waals surface area (Å²) in [6.45, 7) is -0.185. The number of ketones is 1. The molecule has 0 heterocycles. The van der Waals surface area contributed by atoms with E-state index >= 15 is 0 Å². The lowest BCUT2D eigenvalue weighted by Crippen LogP contribution is -2.33. The molecule has 0 aliphatic carbocycles. The number of likely N-dealkylation sites (N-methyl/N-ethyl adjacent to an activating group) is 1. The van der Waals surface area contributed by atoms with Gasteiger partial charge >= 0.3 is 0 Å². The normalized spacial score (nSPS) is 10.4. The number of halogens is 2. The molecule has 0 fully saturated rings. The Morgan fingerprint density at radius 1 is 1.24 bits per heavy atom. The molecule has 17 heavy (non-hydrogen) atoms. The van der Waals surface area contributed by atoms with Crippen LogP contribution in [0.15, 0.2) is 30.3 Å². The number of alkyl halides is 2. The third-order valence-electron chi connectivity index (χ3n) is 2.23. The fraction of sp³-hybridized carbons (Fsp3) is 0.333. The first-order chi connectivity index (χ1) is 8.00. The summed E-state index contributed by atoms with van der Waals surface area (Å²) in [5, 5.41) is 0. The van der Waals surface area contributed by atoms with Crippen LogP contribution in [-0.4, -0.2) is 36.6 Å². The van der Waals surface area contributed by atoms with Gasteiger partial charge in [-0.1, -0.05) is 30.3 Å². The average molecular weight is 241 g/mol. The van der Waals surface area contributed by atoms with E-state index in [1.54, 1.807) is 30.3 Å². The summed E-state index contributed by atoms with van der Waals surface area (Å²) in [6.07, 6.45) is -3.53. The summed E-state index contributed by atoms with van der Waals surface area (Å²) in [5.41, 5.74) is 0.462. The highest BCUT2D eigenvalue weighted by Crippen LogP contribution is 2.05. The summed E-state index contributed by atoms with van der Waals surface area (Å²) in [5.74, 6) is -1.00. The minimum Gasteiger partial charge on any atom is -0.338 e. The Bertz CT molecular complexity index is 393. The fourth-order valence-electron chi connectivity index (χ4n) is 1.31. The largest absolute Gasteiger partial charge is 0.338 e. The van der Waals surface area contributed by atoms with Crippen molar-refractivity contribution in [2.75, 3.05) is 13.6 Å². The molecule has 1 rings (SSSR count). The van der Waals surface area contributed by atoms with Crippen molar-refractivity contribution in [1.82, 2.24) is 4.90 Å². The number of hydrogen-bond acceptors (Lipinski definition) is 2. The van der Waals surface area contributed by atoms with Gasteiger partial charge in [-0.3, -0.25) is 9.59 Å². The Kier molecular flexibility index (Phi) is 4.75. The number of amides is 1. The van der Waals surface area contributed by atoms with E-state index in [1.165, 1.54) is 7.05 Å². The summed E-state index contributed by atoms with van der Waals surface area (Å²) in [4.78, 5) is 23.9. The zero-order valence-electron chi connectivity index (χ0n) is 9.40. The lowest BCUT2D eigenvalue weighted by atomic mass is 10.1. The van der Waals surface area contributed by atoms with Crippen molar-refractivity contribution in [3.05, 3.63) is 35.9 Å². The maximum atomic E-state index is 12.0. The van der Waals surface area contributed by atoms with E-state index in [2.05, 4.69) is 0 Å². The minimum atomic E-state index is -2.68. The van der Waals surface area contributed by atoms with Crippen LogP contribution in [0.5, 0.6) is 0 Å². The third-order valence-corrected chi connectivity index (χ3v) is 2.23. The standard InChI is InChI=1S/C12H13F2NO2/c1-15(12(17)7-11(13)14)8-10(16)9-5-3-2-4-6-9/h2-6,11H,7-8H2,1H3. The van der Waals surface area contributed by atoms with Crippen molar-refractivity contribution < 1.29 is 18.4 Å². The number of nitrogens with zero attached hydrogens (tertiary/aromatic N) is 1. The van der Waals surface area contributed by atoms with Crippen molar-refractivity contribution in [2.24, 2.45) is 0 Å². The second-order valence-corrected chi connectivity index (χ2v) is 3.63. The lowest BCUT2D eigenvalue weighted by Gasteiger charge is -2.15. The van der Waals surface area contributed by atoms with Crippen molar-refractivity contribution in [1.29, 1.82) is 0 Å². The van der Waals surface area contributed by atoms with Gasteiger partial charge < -0.3 is 4.90 Å². The van der Waals surface area contributed by atoms with E-state index in [0.29, 0.717) is 5.56 Å². The van der Waals surface area contributed by atoms with Crippen LogP contribution in [-0.2, 0) is 4.79 Å². The summed E-state index contributed by atoms with van der Waals surface area (Å²) in [6, 6.07) is 8.41. The Morgan fingerprint density at radius 3 is 2.35 bits per heavy atom. The van der Waals surface area contributed by atoms with Gasteiger partial charge in [0, 0.05) is 12.6 Å². The highest BCUT2D eigenvalue weighted by Gasteiger charge is 2.17. The van der Waals surface area contributed by atoms with Crippen molar-refractivity contribution in [3.8, 4) is 0 Å². The molecule has 3 nitrogen and oxygen atoms in total. The van der Waals surface area contributed by atoms with Gasteiger partial charge in [-0.05, 0) is 0 Å². The Labute approximate surface area is 98.0 Å². The topological polar surface area (TPSA) is 37.4 Å². The fourth-order valence-corrected chi connectivity index (χ4v) is 1.31. The number of benzene rings is 1. The summed E-state index contributed by atoms with van der Waals surface area (Å²) < 4.78 is 23.9. The molecule has 1 aromatic carbocycles. The molecule has 0 aromatic heterocycles. The second kappa shape index (κ2) is 6.08. The SMILES string of the molecule is CN(CC(=O)c1ccccc1)C(=O)CC(F)F. The molecule has 0 aliphatic rings. The number of carbonyl (C=O) groups excluding carboxylic acids is 2. The molecule has 1 amide bonds. The molecule has 1 aromatic rings. The highest BCUT2D eigenvalue weighted by molar-refractivity contribution is 5.99. The first-order valence-corrected chi connectivity index (χ1v) is 5.11. The smallest absolute Gasteiger partial charge is 0.247 e. The molecule has 0 saturated carbocycles. The van der Waals surface area contributed by atoms with Gasteiger partial charge in [0.15, 0.2) is 5.78 Å². The van der Waals surface area contributed by atoms with Gasteiger partial charge in [0.1, 0.15) is 0 Å². The quantitative estimate of drug-likeness (QED) is 0.739. The van der Waals surface area contributed by atoms with E-state index in [1.807, 2.05) is 0 Å². The molecular formula is C12H13F2NO2. The number of rotatable bonds is 5. The maximum absolute atomic E-state index is 12.0. The zero-order chi connectivity index (χ0) is 12.8. The molecule has 0 bridgehead atoms. The van der Waals surface area contributed by atoms with E-state index in [-0.39, 0.29) is 12.3 Å². The molecule has 0 spiro atoms. The molecule has 0 aliphatic heterocycles. The first kappa shape index (κ1) is 13.3. The van der Waals surface area contributed by atoms with Gasteiger partial charge in [0.2, 0.25) is 12.3 Å². The van der Waals surface area contributed by atoms with E-state index in [9.17, 15) is 18.4 Å². The second-order valence-electron chi connectivity index (χ2n) is 3.63. The molecule has 5 heteroatoms. The van der Waals surface area contributed by atoms with E-state index in [4.69, 9.17) is 0 Å². The lowest BCUT2D eigenvalue weighted by molar-refractivity contribution is -0.132. The molecular weight excluding hydrogens is 228 g/mol. The Balaban J connectivity index is 2.55. The van der Waals surface area contributed by atoms with Crippen molar-refractivity contribution in [2.45, 2.75) is 12.8 Å². The van der Waals surface area contributed by atoms with Gasteiger partial charge in [0.25, 0.3) is 0 Å². The molecule has 0 radical (unpaired) electrons. The average Bonchev–Trinajstić information content (AvgIpc) is 2.29. The number of hydrogen-bond donors (Lipinski definition) is 0. The summed E-state index contributed by atoms with van der Waals surface area (Å²) >= 11 is 0. The number of carbonyl (C=O) groups is 2. The predicted octanol–water partition coefficient (Wildman–Crippen LogP) is 1.98. The van der Waals surface area contributed by atoms with E-state index in [0.717, 1.165) is 4.90 Å². The molecule has 92 valence electrons. The molecule has 0 saturated heterocycles. The monoisotopic (exact) mass is 241 g/mol. The van der Waals surface area contributed by atoms with Crippen LogP contribution in [0, 0.1) is 0 Å². The maximum Gasteiger partial charge on any atom is 0.247 e. The van der Waals surface area contributed by atoms with Crippen LogP contribution in [0.2, 0.25) is 0 Å². The van der Waals surface area contributed by atoms with Crippen LogP contribution in [0.25, 0.3) is 0 Å². The van der Waals surface area contributed by atoms with Crippen LogP contribution in [0.4, 0.5) is 8.78 Å². The molecule has 0 atom stereocenters. The van der Waals surface area contributed by atoms with Crippen LogP contribution in [0.1, 0.15) is 16.8 Å².